The number of carboxylic acid groups (broad SMARTS) is 1. The molecule has 114 valence electrons. The number of carbonyl (C=O) groups excluding carboxylic acids is 1. The first-order valence-electron chi connectivity index (χ1n) is 7.04. The third kappa shape index (κ3) is 3.04. The molecule has 7 nitrogen and oxygen atoms in total. The number of likely N-dealkylation sites (tertiary alicyclic amines) is 2. The van der Waals surface area contributed by atoms with Crippen LogP contribution in [-0.4, -0.2) is 75.0 Å². The van der Waals surface area contributed by atoms with Gasteiger partial charge in [0.15, 0.2) is 0 Å². The highest BCUT2D eigenvalue weighted by molar-refractivity contribution is 5.83. The predicted molar refractivity (Wildman–Crippen MR) is 70.1 cm³/mol. The van der Waals surface area contributed by atoms with Crippen LogP contribution in [-0.2, 0) is 4.79 Å². The Morgan fingerprint density at radius 1 is 1.25 bits per heavy atom. The second-order valence-electron chi connectivity index (χ2n) is 5.74. The molecule has 2 fully saturated rings. The van der Waals surface area contributed by atoms with Crippen molar-refractivity contribution in [2.75, 3.05) is 19.6 Å². The standard InChI is InChI=1S/C13H22N2O5/c1-8(16)9-2-4-14(5-3-9)13(20)15-7-10(17)6-11(15)12(18)19/h8-11,16-17H,2-7H2,1H3,(H,18,19)/t8?,10-,11-/m0/s1. The normalized spacial score (nSPS) is 29.6. The molecule has 20 heavy (non-hydrogen) atoms. The average molecular weight is 286 g/mol. The van der Waals surface area contributed by atoms with Crippen molar-refractivity contribution in [2.45, 2.75) is 44.4 Å². The third-order valence-corrected chi connectivity index (χ3v) is 4.30. The van der Waals surface area contributed by atoms with E-state index < -0.39 is 18.1 Å². The number of aliphatic hydroxyl groups excluding tert-OH is 2. The van der Waals surface area contributed by atoms with Crippen molar-refractivity contribution in [1.82, 2.24) is 9.80 Å². The molecule has 3 N–H and O–H groups in total. The van der Waals surface area contributed by atoms with Crippen molar-refractivity contribution in [1.29, 1.82) is 0 Å². The Morgan fingerprint density at radius 3 is 2.35 bits per heavy atom. The summed E-state index contributed by atoms with van der Waals surface area (Å²) in [5.41, 5.74) is 0. The second kappa shape index (κ2) is 5.97. The largest absolute Gasteiger partial charge is 0.480 e. The van der Waals surface area contributed by atoms with Gasteiger partial charge < -0.3 is 25.1 Å². The molecule has 2 heterocycles. The van der Waals surface area contributed by atoms with Gasteiger partial charge in [-0.05, 0) is 25.7 Å². The molecule has 2 rings (SSSR count). The molecule has 0 saturated carbocycles. The average Bonchev–Trinajstić information content (AvgIpc) is 2.80. The summed E-state index contributed by atoms with van der Waals surface area (Å²) in [4.78, 5) is 26.3. The number of hydrogen-bond acceptors (Lipinski definition) is 4. The SMILES string of the molecule is CC(O)C1CCN(C(=O)N2C[C@@H](O)C[C@H]2C(=O)O)CC1. The zero-order chi connectivity index (χ0) is 14.9. The maximum absolute atomic E-state index is 12.4. The van der Waals surface area contributed by atoms with Crippen LogP contribution in [0.2, 0.25) is 0 Å². The van der Waals surface area contributed by atoms with Crippen LogP contribution in [0.1, 0.15) is 26.2 Å². The number of carboxylic acids is 1. The maximum atomic E-state index is 12.4. The molecule has 0 aromatic rings. The summed E-state index contributed by atoms with van der Waals surface area (Å²) in [5, 5.41) is 28.2. The maximum Gasteiger partial charge on any atom is 0.326 e. The lowest BCUT2D eigenvalue weighted by atomic mass is 9.92. The summed E-state index contributed by atoms with van der Waals surface area (Å²) in [5.74, 6) is -0.882. The van der Waals surface area contributed by atoms with Gasteiger partial charge in [-0.3, -0.25) is 0 Å². The van der Waals surface area contributed by atoms with Crippen LogP contribution in [0, 0.1) is 5.92 Å². The highest BCUT2D eigenvalue weighted by Crippen LogP contribution is 2.24. The summed E-state index contributed by atoms with van der Waals surface area (Å²) in [6, 6.07) is -1.26. The lowest BCUT2D eigenvalue weighted by molar-refractivity contribution is -0.141. The van der Waals surface area contributed by atoms with E-state index in [2.05, 4.69) is 0 Å². The van der Waals surface area contributed by atoms with Crippen LogP contribution in [0.4, 0.5) is 4.79 Å². The number of aliphatic hydroxyl groups is 2. The van der Waals surface area contributed by atoms with Gasteiger partial charge >= 0.3 is 12.0 Å². The van der Waals surface area contributed by atoms with Gasteiger partial charge in [0.1, 0.15) is 6.04 Å². The molecule has 1 unspecified atom stereocenters. The van der Waals surface area contributed by atoms with E-state index in [0.717, 1.165) is 12.8 Å². The zero-order valence-electron chi connectivity index (χ0n) is 11.6. The molecule has 0 bridgehead atoms. The number of piperidine rings is 1. The third-order valence-electron chi connectivity index (χ3n) is 4.30. The van der Waals surface area contributed by atoms with Crippen LogP contribution in [0.3, 0.4) is 0 Å². The molecule has 2 aliphatic rings. The van der Waals surface area contributed by atoms with Crippen molar-refractivity contribution in [3.63, 3.8) is 0 Å². The number of rotatable bonds is 2. The lowest BCUT2D eigenvalue weighted by Crippen LogP contribution is -2.51. The van der Waals surface area contributed by atoms with E-state index in [1.165, 1.54) is 4.90 Å². The number of amides is 2. The fourth-order valence-electron chi connectivity index (χ4n) is 3.01. The summed E-state index contributed by atoms with van der Waals surface area (Å²) >= 11 is 0. The van der Waals surface area contributed by atoms with Gasteiger partial charge in [0.25, 0.3) is 0 Å². The highest BCUT2D eigenvalue weighted by atomic mass is 16.4. The summed E-state index contributed by atoms with van der Waals surface area (Å²) in [6.07, 6.45) is 0.378. The molecule has 0 aromatic carbocycles. The molecule has 0 aromatic heterocycles. The smallest absolute Gasteiger partial charge is 0.326 e. The summed E-state index contributed by atoms with van der Waals surface area (Å²) in [6.45, 7) is 2.87. The molecule has 3 atom stereocenters. The molecule has 7 heteroatoms. The topological polar surface area (TPSA) is 101 Å². The quantitative estimate of drug-likeness (QED) is 0.648. The first-order chi connectivity index (χ1) is 9.40. The number of nitrogens with zero attached hydrogens (tertiary/aromatic N) is 2. The number of aliphatic carboxylic acids is 1. The Labute approximate surface area is 117 Å². The molecule has 0 aliphatic carbocycles. The van der Waals surface area contributed by atoms with E-state index in [1.807, 2.05) is 0 Å². The Bertz CT molecular complexity index is 379. The van der Waals surface area contributed by atoms with E-state index in [0.29, 0.717) is 13.1 Å². The highest BCUT2D eigenvalue weighted by Gasteiger charge is 2.41. The Kier molecular flexibility index (Phi) is 4.49. The first-order valence-corrected chi connectivity index (χ1v) is 7.04. The summed E-state index contributed by atoms with van der Waals surface area (Å²) < 4.78 is 0. The van der Waals surface area contributed by atoms with E-state index in [-0.39, 0.29) is 31.0 Å². The van der Waals surface area contributed by atoms with Crippen LogP contribution in [0.25, 0.3) is 0 Å². The van der Waals surface area contributed by atoms with Gasteiger partial charge in [0.05, 0.1) is 12.2 Å². The van der Waals surface area contributed by atoms with Gasteiger partial charge in [-0.25, -0.2) is 9.59 Å². The Morgan fingerprint density at radius 2 is 1.85 bits per heavy atom. The van der Waals surface area contributed by atoms with Crippen molar-refractivity contribution in [3.8, 4) is 0 Å². The monoisotopic (exact) mass is 286 g/mol. The van der Waals surface area contributed by atoms with Gasteiger partial charge in [0.2, 0.25) is 0 Å². The van der Waals surface area contributed by atoms with E-state index in [1.54, 1.807) is 11.8 Å². The predicted octanol–water partition coefficient (Wildman–Crippen LogP) is -0.281. The fraction of sp³-hybridized carbons (Fsp3) is 0.846. The van der Waals surface area contributed by atoms with Crippen molar-refractivity contribution < 1.29 is 24.9 Å². The minimum atomic E-state index is -1.08. The molecular weight excluding hydrogens is 264 g/mol. The first kappa shape index (κ1) is 15.1. The lowest BCUT2D eigenvalue weighted by Gasteiger charge is -2.36. The minimum Gasteiger partial charge on any atom is -0.480 e. The number of carbonyl (C=O) groups is 2. The Balaban J connectivity index is 1.96. The molecular formula is C13H22N2O5. The fourth-order valence-corrected chi connectivity index (χ4v) is 3.01. The molecule has 2 aliphatic heterocycles. The number of hydrogen-bond donors (Lipinski definition) is 3. The second-order valence-corrected chi connectivity index (χ2v) is 5.74. The molecule has 0 radical (unpaired) electrons. The molecule has 2 amide bonds. The van der Waals surface area contributed by atoms with Gasteiger partial charge in [-0.15, -0.1) is 0 Å². The number of β-amino-alcohol motifs (C(OH)–C–C–N with tert-alkyl or cyclic N) is 1. The van der Waals surface area contributed by atoms with E-state index in [9.17, 15) is 19.8 Å². The van der Waals surface area contributed by atoms with Gasteiger partial charge in [-0.1, -0.05) is 0 Å². The zero-order valence-corrected chi connectivity index (χ0v) is 11.6. The van der Waals surface area contributed by atoms with Crippen LogP contribution in [0.15, 0.2) is 0 Å². The van der Waals surface area contributed by atoms with Gasteiger partial charge in [-0.2, -0.15) is 0 Å². The van der Waals surface area contributed by atoms with Crippen LogP contribution >= 0.6 is 0 Å². The van der Waals surface area contributed by atoms with Crippen molar-refractivity contribution >= 4 is 12.0 Å². The van der Waals surface area contributed by atoms with Crippen molar-refractivity contribution in [2.24, 2.45) is 5.92 Å². The van der Waals surface area contributed by atoms with Crippen molar-refractivity contribution in [3.05, 3.63) is 0 Å². The molecule has 0 spiro atoms. The van der Waals surface area contributed by atoms with E-state index in [4.69, 9.17) is 5.11 Å². The van der Waals surface area contributed by atoms with E-state index >= 15 is 0 Å². The van der Waals surface area contributed by atoms with Crippen LogP contribution < -0.4 is 0 Å². The summed E-state index contributed by atoms with van der Waals surface area (Å²) in [7, 11) is 0. The minimum absolute atomic E-state index is 0.0755. The van der Waals surface area contributed by atoms with Gasteiger partial charge in [0, 0.05) is 26.1 Å². The van der Waals surface area contributed by atoms with Crippen LogP contribution in [0.5, 0.6) is 0 Å². The molecule has 2 saturated heterocycles. The number of urea groups is 1. The Hall–Kier alpha value is -1.34.